The minimum atomic E-state index is -3.72. The van der Waals surface area contributed by atoms with E-state index in [2.05, 4.69) is 22.6 Å². The van der Waals surface area contributed by atoms with Crippen LogP contribution >= 0.6 is 22.6 Å². The van der Waals surface area contributed by atoms with Gasteiger partial charge in [0.1, 0.15) is 4.90 Å². The van der Waals surface area contributed by atoms with Crippen molar-refractivity contribution in [2.24, 2.45) is 0 Å². The maximum atomic E-state index is 12.4. The SMILES string of the molecule is O=C1c2ccccc2S(=O)(=O)N1Cc1ccc(I)cc1. The maximum absolute atomic E-state index is 12.4. The van der Waals surface area contributed by atoms with Crippen LogP contribution in [0.4, 0.5) is 0 Å². The lowest BCUT2D eigenvalue weighted by Crippen LogP contribution is -2.29. The second-order valence-corrected chi connectivity index (χ2v) is 7.52. The van der Waals surface area contributed by atoms with Crippen LogP contribution in [0.2, 0.25) is 0 Å². The quantitative estimate of drug-likeness (QED) is 0.730. The van der Waals surface area contributed by atoms with Gasteiger partial charge in [0.25, 0.3) is 15.9 Å². The number of sulfonamides is 1. The summed E-state index contributed by atoms with van der Waals surface area (Å²) in [6.07, 6.45) is 0. The molecule has 0 radical (unpaired) electrons. The third-order valence-electron chi connectivity index (χ3n) is 3.15. The number of hydrogen-bond acceptors (Lipinski definition) is 3. The van der Waals surface area contributed by atoms with Gasteiger partial charge < -0.3 is 0 Å². The molecule has 1 amide bonds. The van der Waals surface area contributed by atoms with E-state index in [1.54, 1.807) is 18.2 Å². The van der Waals surface area contributed by atoms with Gasteiger partial charge in [0.15, 0.2) is 0 Å². The molecule has 102 valence electrons. The molecule has 0 atom stereocenters. The molecule has 0 saturated carbocycles. The zero-order chi connectivity index (χ0) is 14.3. The van der Waals surface area contributed by atoms with E-state index in [4.69, 9.17) is 0 Å². The van der Waals surface area contributed by atoms with Crippen molar-refractivity contribution in [3.8, 4) is 0 Å². The van der Waals surface area contributed by atoms with Crippen LogP contribution in [0.1, 0.15) is 15.9 Å². The number of hydrogen-bond donors (Lipinski definition) is 0. The van der Waals surface area contributed by atoms with Gasteiger partial charge in [-0.25, -0.2) is 12.7 Å². The van der Waals surface area contributed by atoms with Gasteiger partial charge in [0.2, 0.25) is 0 Å². The Bertz CT molecular complexity index is 784. The molecule has 0 N–H and O–H groups in total. The van der Waals surface area contributed by atoms with Crippen molar-refractivity contribution in [1.29, 1.82) is 0 Å². The van der Waals surface area contributed by atoms with Crippen molar-refractivity contribution in [1.82, 2.24) is 4.31 Å². The summed E-state index contributed by atoms with van der Waals surface area (Å²) < 4.78 is 26.7. The van der Waals surface area contributed by atoms with E-state index in [-0.39, 0.29) is 17.0 Å². The Hall–Kier alpha value is -1.41. The predicted octanol–water partition coefficient (Wildman–Crippen LogP) is 2.64. The molecule has 6 heteroatoms. The van der Waals surface area contributed by atoms with Crippen LogP contribution < -0.4 is 0 Å². The van der Waals surface area contributed by atoms with Gasteiger partial charge in [-0.15, -0.1) is 0 Å². The van der Waals surface area contributed by atoms with E-state index in [1.807, 2.05) is 24.3 Å². The van der Waals surface area contributed by atoms with E-state index in [0.29, 0.717) is 0 Å². The smallest absolute Gasteiger partial charge is 0.268 e. The van der Waals surface area contributed by atoms with Gasteiger partial charge >= 0.3 is 0 Å². The molecule has 1 heterocycles. The topological polar surface area (TPSA) is 54.5 Å². The first kappa shape index (κ1) is 13.6. The third kappa shape index (κ3) is 2.12. The highest BCUT2D eigenvalue weighted by molar-refractivity contribution is 14.1. The lowest BCUT2D eigenvalue weighted by molar-refractivity contribution is 0.0865. The number of carbonyl (C=O) groups is 1. The number of halogens is 1. The number of benzene rings is 2. The number of carbonyl (C=O) groups excluding carboxylic acids is 1. The summed E-state index contributed by atoms with van der Waals surface area (Å²) >= 11 is 2.17. The molecule has 0 aromatic heterocycles. The van der Waals surface area contributed by atoms with Crippen LogP contribution in [0.5, 0.6) is 0 Å². The van der Waals surface area contributed by atoms with Gasteiger partial charge in [-0.2, -0.15) is 0 Å². The Balaban J connectivity index is 2.00. The number of fused-ring (bicyclic) bond motifs is 1. The summed E-state index contributed by atoms with van der Waals surface area (Å²) in [5, 5.41) is 0. The normalized spacial score (nSPS) is 16.2. The van der Waals surface area contributed by atoms with Crippen molar-refractivity contribution in [3.63, 3.8) is 0 Å². The zero-order valence-corrected chi connectivity index (χ0v) is 13.3. The summed E-state index contributed by atoms with van der Waals surface area (Å²) in [5.41, 5.74) is 1.04. The van der Waals surface area contributed by atoms with Crippen molar-refractivity contribution in [3.05, 3.63) is 63.2 Å². The van der Waals surface area contributed by atoms with Gasteiger partial charge in [-0.3, -0.25) is 4.79 Å². The van der Waals surface area contributed by atoms with Crippen LogP contribution in [0.3, 0.4) is 0 Å². The third-order valence-corrected chi connectivity index (χ3v) is 5.66. The highest BCUT2D eigenvalue weighted by atomic mass is 127. The molecule has 20 heavy (non-hydrogen) atoms. The zero-order valence-electron chi connectivity index (χ0n) is 10.3. The molecule has 2 aromatic carbocycles. The van der Waals surface area contributed by atoms with Gasteiger partial charge in [-0.05, 0) is 52.4 Å². The first-order chi connectivity index (χ1) is 9.50. The number of nitrogens with zero attached hydrogens (tertiary/aromatic N) is 1. The van der Waals surface area contributed by atoms with Crippen LogP contribution in [0.15, 0.2) is 53.4 Å². The van der Waals surface area contributed by atoms with E-state index < -0.39 is 15.9 Å². The molecule has 1 aliphatic rings. The van der Waals surface area contributed by atoms with Crippen LogP contribution in [-0.2, 0) is 16.6 Å². The summed E-state index contributed by atoms with van der Waals surface area (Å²) in [4.78, 5) is 12.3. The monoisotopic (exact) mass is 399 g/mol. The molecule has 0 aliphatic carbocycles. The molecule has 0 fully saturated rings. The summed E-state index contributed by atoms with van der Waals surface area (Å²) in [5.74, 6) is -0.459. The second kappa shape index (κ2) is 4.85. The molecular weight excluding hydrogens is 389 g/mol. The predicted molar refractivity (Wildman–Crippen MR) is 82.7 cm³/mol. The Morgan fingerprint density at radius 2 is 1.65 bits per heavy atom. The average molecular weight is 399 g/mol. The standard InChI is InChI=1S/C14H10INO3S/c15-11-7-5-10(6-8-11)9-16-14(17)12-3-1-2-4-13(12)20(16,18)19/h1-8H,9H2. The van der Waals surface area contributed by atoms with E-state index >= 15 is 0 Å². The maximum Gasteiger partial charge on any atom is 0.269 e. The number of amides is 1. The summed E-state index contributed by atoms with van der Waals surface area (Å²) in [6, 6.07) is 13.7. The Labute approximate surface area is 130 Å². The van der Waals surface area contributed by atoms with E-state index in [0.717, 1.165) is 13.4 Å². The van der Waals surface area contributed by atoms with E-state index in [1.165, 1.54) is 6.07 Å². The molecule has 3 rings (SSSR count). The Morgan fingerprint density at radius 3 is 2.30 bits per heavy atom. The lowest BCUT2D eigenvalue weighted by atomic mass is 10.2. The minimum absolute atomic E-state index is 0.0623. The summed E-state index contributed by atoms with van der Waals surface area (Å²) in [7, 11) is -3.72. The lowest BCUT2D eigenvalue weighted by Gasteiger charge is -2.15. The fraction of sp³-hybridized carbons (Fsp3) is 0.0714. The molecule has 0 bridgehead atoms. The molecule has 1 aliphatic heterocycles. The van der Waals surface area contributed by atoms with Crippen molar-refractivity contribution >= 4 is 38.5 Å². The average Bonchev–Trinajstić information content (AvgIpc) is 2.63. The summed E-state index contributed by atoms with van der Waals surface area (Å²) in [6.45, 7) is 0.0623. The highest BCUT2D eigenvalue weighted by Gasteiger charge is 2.40. The van der Waals surface area contributed by atoms with Crippen LogP contribution in [0, 0.1) is 3.57 Å². The van der Waals surface area contributed by atoms with Crippen LogP contribution in [0.25, 0.3) is 0 Å². The number of rotatable bonds is 2. The van der Waals surface area contributed by atoms with Crippen molar-refractivity contribution < 1.29 is 13.2 Å². The molecular formula is C14H10INO3S. The van der Waals surface area contributed by atoms with Gasteiger partial charge in [0.05, 0.1) is 12.1 Å². The van der Waals surface area contributed by atoms with E-state index in [9.17, 15) is 13.2 Å². The Kier molecular flexibility index (Phi) is 3.29. The van der Waals surface area contributed by atoms with Crippen molar-refractivity contribution in [2.45, 2.75) is 11.4 Å². The molecule has 4 nitrogen and oxygen atoms in total. The minimum Gasteiger partial charge on any atom is -0.268 e. The highest BCUT2D eigenvalue weighted by Crippen LogP contribution is 2.31. The van der Waals surface area contributed by atoms with Gasteiger partial charge in [0, 0.05) is 3.57 Å². The fourth-order valence-electron chi connectivity index (χ4n) is 2.14. The molecule has 0 unspecified atom stereocenters. The Morgan fingerprint density at radius 1 is 1.00 bits per heavy atom. The molecule has 0 saturated heterocycles. The molecule has 2 aromatic rings. The molecule has 0 spiro atoms. The largest absolute Gasteiger partial charge is 0.269 e. The fourth-order valence-corrected chi connectivity index (χ4v) is 4.06. The first-order valence-corrected chi connectivity index (χ1v) is 8.42. The second-order valence-electron chi connectivity index (χ2n) is 4.44. The first-order valence-electron chi connectivity index (χ1n) is 5.91. The van der Waals surface area contributed by atoms with Crippen LogP contribution in [-0.4, -0.2) is 18.6 Å². The van der Waals surface area contributed by atoms with Gasteiger partial charge in [-0.1, -0.05) is 24.3 Å². The van der Waals surface area contributed by atoms with Crippen molar-refractivity contribution in [2.75, 3.05) is 0 Å².